The average Bonchev–Trinajstić information content (AvgIpc) is 2.25. The van der Waals surface area contributed by atoms with Gasteiger partial charge in [-0.3, -0.25) is 20.4 Å². The first kappa shape index (κ1) is 12.3. The summed E-state index contributed by atoms with van der Waals surface area (Å²) in [6.07, 6.45) is 0. The first-order chi connectivity index (χ1) is 7.58. The van der Waals surface area contributed by atoms with Crippen LogP contribution in [0.2, 0.25) is 5.02 Å². The highest BCUT2D eigenvalue weighted by atomic mass is 35.5. The average molecular weight is 243 g/mol. The number of halogens is 1. The Balaban J connectivity index is 2.31. The normalized spacial score (nSPS) is 9.38. The second kappa shape index (κ2) is 5.97. The molecule has 0 radical (unpaired) electrons. The van der Waals surface area contributed by atoms with Gasteiger partial charge in [-0.15, -0.1) is 0 Å². The maximum atomic E-state index is 11.1. The van der Waals surface area contributed by atoms with Crippen LogP contribution in [0.5, 0.6) is 5.75 Å². The van der Waals surface area contributed by atoms with E-state index in [0.29, 0.717) is 10.8 Å². The molecule has 1 rings (SSSR count). The van der Waals surface area contributed by atoms with Crippen molar-refractivity contribution in [3.63, 3.8) is 0 Å². The topological polar surface area (TPSA) is 67.4 Å². The number of carbonyl (C=O) groups is 2. The minimum atomic E-state index is -0.440. The van der Waals surface area contributed by atoms with Gasteiger partial charge in [0.05, 0.1) is 0 Å². The predicted molar refractivity (Wildman–Crippen MR) is 58.9 cm³/mol. The molecule has 0 heterocycles. The number of amides is 2. The lowest BCUT2D eigenvalue weighted by atomic mass is 10.3. The minimum absolute atomic E-state index is 0.179. The number of hydrogen-bond acceptors (Lipinski definition) is 3. The molecular weight excluding hydrogens is 232 g/mol. The van der Waals surface area contributed by atoms with E-state index in [1.54, 1.807) is 24.3 Å². The lowest BCUT2D eigenvalue weighted by Gasteiger charge is -2.07. The molecule has 0 atom stereocenters. The number of ether oxygens (including phenoxy) is 1. The number of benzene rings is 1. The van der Waals surface area contributed by atoms with E-state index in [-0.39, 0.29) is 12.5 Å². The van der Waals surface area contributed by atoms with Gasteiger partial charge in [0.1, 0.15) is 5.75 Å². The molecule has 2 amide bonds. The highest BCUT2D eigenvalue weighted by Crippen LogP contribution is 2.15. The molecule has 0 aliphatic carbocycles. The van der Waals surface area contributed by atoms with E-state index in [1.807, 2.05) is 0 Å². The fraction of sp³-hybridized carbons (Fsp3) is 0.200. The van der Waals surface area contributed by atoms with Crippen LogP contribution in [0.1, 0.15) is 6.92 Å². The summed E-state index contributed by atoms with van der Waals surface area (Å²) in [5.74, 6) is -0.257. The largest absolute Gasteiger partial charge is 0.484 e. The van der Waals surface area contributed by atoms with Gasteiger partial charge >= 0.3 is 0 Å². The molecular formula is C10H11ClN2O3. The Bertz CT molecular complexity index is 378. The molecule has 86 valence electrons. The highest BCUT2D eigenvalue weighted by molar-refractivity contribution is 6.30. The number of carbonyl (C=O) groups excluding carboxylic acids is 2. The highest BCUT2D eigenvalue weighted by Gasteiger charge is 2.02. The second-order valence-corrected chi connectivity index (χ2v) is 3.41. The van der Waals surface area contributed by atoms with Crippen LogP contribution in [-0.2, 0) is 9.59 Å². The summed E-state index contributed by atoms with van der Waals surface area (Å²) in [4.78, 5) is 21.6. The Morgan fingerprint density at radius 1 is 1.25 bits per heavy atom. The third-order valence-corrected chi connectivity index (χ3v) is 1.81. The fourth-order valence-electron chi connectivity index (χ4n) is 0.874. The van der Waals surface area contributed by atoms with Crippen molar-refractivity contribution >= 4 is 23.4 Å². The zero-order valence-electron chi connectivity index (χ0n) is 8.62. The van der Waals surface area contributed by atoms with Gasteiger partial charge in [-0.25, -0.2) is 0 Å². The first-order valence-corrected chi connectivity index (χ1v) is 4.89. The SMILES string of the molecule is CC(=O)NNC(=O)COc1ccc(Cl)cc1. The van der Waals surface area contributed by atoms with Crippen LogP contribution in [0.4, 0.5) is 0 Å². The van der Waals surface area contributed by atoms with Crippen LogP contribution < -0.4 is 15.6 Å². The van der Waals surface area contributed by atoms with Crippen molar-refractivity contribution in [3.8, 4) is 5.75 Å². The third-order valence-electron chi connectivity index (χ3n) is 1.56. The van der Waals surface area contributed by atoms with Gasteiger partial charge in [0.2, 0.25) is 5.91 Å². The predicted octanol–water partition coefficient (Wildman–Crippen LogP) is 0.886. The number of rotatable bonds is 3. The lowest BCUT2D eigenvalue weighted by Crippen LogP contribution is -2.42. The summed E-state index contributed by atoms with van der Waals surface area (Å²) in [6, 6.07) is 6.60. The molecule has 0 aliphatic heterocycles. The van der Waals surface area contributed by atoms with Crippen LogP contribution in [0.15, 0.2) is 24.3 Å². The molecule has 0 unspecified atom stereocenters. The smallest absolute Gasteiger partial charge is 0.276 e. The molecule has 1 aromatic carbocycles. The number of hydrogen-bond donors (Lipinski definition) is 2. The van der Waals surface area contributed by atoms with Crippen molar-refractivity contribution in [2.45, 2.75) is 6.92 Å². The first-order valence-electron chi connectivity index (χ1n) is 4.51. The van der Waals surface area contributed by atoms with Crippen molar-refractivity contribution in [2.24, 2.45) is 0 Å². The van der Waals surface area contributed by atoms with Crippen molar-refractivity contribution in [2.75, 3.05) is 6.61 Å². The molecule has 2 N–H and O–H groups in total. The van der Waals surface area contributed by atoms with Gasteiger partial charge in [-0.2, -0.15) is 0 Å². The van der Waals surface area contributed by atoms with Crippen molar-refractivity contribution in [1.82, 2.24) is 10.9 Å². The monoisotopic (exact) mass is 242 g/mol. The lowest BCUT2D eigenvalue weighted by molar-refractivity contribution is -0.129. The van der Waals surface area contributed by atoms with E-state index in [0.717, 1.165) is 0 Å². The summed E-state index contributed by atoms with van der Waals surface area (Å²) in [5, 5.41) is 0.593. The molecule has 1 aromatic rings. The summed E-state index contributed by atoms with van der Waals surface area (Å²) in [6.45, 7) is 1.11. The summed E-state index contributed by atoms with van der Waals surface area (Å²) in [5.41, 5.74) is 4.33. The standard InChI is InChI=1S/C10H11ClN2O3/c1-7(14)12-13-10(15)6-16-9-4-2-8(11)3-5-9/h2-5H,6H2,1H3,(H,12,14)(H,13,15). The number of nitrogens with one attached hydrogen (secondary N) is 2. The van der Waals surface area contributed by atoms with E-state index < -0.39 is 5.91 Å². The maximum absolute atomic E-state index is 11.1. The molecule has 16 heavy (non-hydrogen) atoms. The van der Waals surface area contributed by atoms with E-state index >= 15 is 0 Å². The van der Waals surface area contributed by atoms with E-state index in [9.17, 15) is 9.59 Å². The van der Waals surface area contributed by atoms with Crippen molar-refractivity contribution < 1.29 is 14.3 Å². The molecule has 0 bridgehead atoms. The fourth-order valence-corrected chi connectivity index (χ4v) is 0.999. The van der Waals surface area contributed by atoms with E-state index in [4.69, 9.17) is 16.3 Å². The third kappa shape index (κ3) is 4.65. The molecule has 0 saturated carbocycles. The van der Waals surface area contributed by atoms with E-state index in [2.05, 4.69) is 10.9 Å². The minimum Gasteiger partial charge on any atom is -0.484 e. The number of hydrazine groups is 1. The molecule has 6 heteroatoms. The van der Waals surface area contributed by atoms with Gasteiger partial charge in [0.25, 0.3) is 5.91 Å². The zero-order valence-corrected chi connectivity index (χ0v) is 9.38. The van der Waals surface area contributed by atoms with Crippen molar-refractivity contribution in [3.05, 3.63) is 29.3 Å². The van der Waals surface area contributed by atoms with Crippen LogP contribution in [0.3, 0.4) is 0 Å². The maximum Gasteiger partial charge on any atom is 0.276 e. The van der Waals surface area contributed by atoms with Crippen LogP contribution in [0, 0.1) is 0 Å². The molecule has 0 saturated heterocycles. The van der Waals surface area contributed by atoms with Crippen molar-refractivity contribution in [1.29, 1.82) is 0 Å². The Kier molecular flexibility index (Phi) is 4.60. The van der Waals surface area contributed by atoms with Gasteiger partial charge in [-0.05, 0) is 24.3 Å². The quantitative estimate of drug-likeness (QED) is 0.774. The summed E-state index contributed by atoms with van der Waals surface area (Å²) < 4.78 is 5.13. The van der Waals surface area contributed by atoms with Gasteiger partial charge in [0.15, 0.2) is 6.61 Å². The van der Waals surface area contributed by atoms with Crippen LogP contribution >= 0.6 is 11.6 Å². The Morgan fingerprint density at radius 2 is 1.88 bits per heavy atom. The summed E-state index contributed by atoms with van der Waals surface area (Å²) >= 11 is 5.68. The molecule has 5 nitrogen and oxygen atoms in total. The van der Waals surface area contributed by atoms with Crippen LogP contribution in [-0.4, -0.2) is 18.4 Å². The summed E-state index contributed by atoms with van der Waals surface area (Å²) in [7, 11) is 0. The Morgan fingerprint density at radius 3 is 2.44 bits per heavy atom. The second-order valence-electron chi connectivity index (χ2n) is 2.97. The molecule has 0 aliphatic rings. The zero-order chi connectivity index (χ0) is 12.0. The Hall–Kier alpha value is -1.75. The van der Waals surface area contributed by atoms with Gasteiger partial charge in [0, 0.05) is 11.9 Å². The molecule has 0 aromatic heterocycles. The van der Waals surface area contributed by atoms with E-state index in [1.165, 1.54) is 6.92 Å². The van der Waals surface area contributed by atoms with Gasteiger partial charge in [-0.1, -0.05) is 11.6 Å². The molecule has 0 spiro atoms. The van der Waals surface area contributed by atoms with Crippen LogP contribution in [0.25, 0.3) is 0 Å². The Labute approximate surface area is 97.7 Å². The molecule has 0 fully saturated rings. The van der Waals surface area contributed by atoms with Gasteiger partial charge < -0.3 is 4.74 Å².